The topological polar surface area (TPSA) is 369 Å². The summed E-state index contributed by atoms with van der Waals surface area (Å²) in [5.74, 6) is -6.26. The Morgan fingerprint density at radius 2 is 1.48 bits per heavy atom. The molecule has 1 aromatic rings. The molecule has 16 N–H and O–H groups in total. The number of carbonyl (C=O) groups is 8. The summed E-state index contributed by atoms with van der Waals surface area (Å²) in [5.41, 5.74) is 21.6. The van der Waals surface area contributed by atoms with E-state index in [1.807, 2.05) is 0 Å². The molecule has 7 amide bonds. The van der Waals surface area contributed by atoms with Gasteiger partial charge >= 0.3 is 5.97 Å². The van der Waals surface area contributed by atoms with Crippen molar-refractivity contribution in [3.8, 4) is 0 Å². The summed E-state index contributed by atoms with van der Waals surface area (Å²) in [6, 6.07) is 2.97. The minimum absolute atomic E-state index is 0.0167. The number of carboxylic acid groups (broad SMARTS) is 1. The van der Waals surface area contributed by atoms with E-state index < -0.39 is 103 Å². The first kappa shape index (κ1) is 51.5. The molecule has 1 aliphatic carbocycles. The lowest BCUT2D eigenvalue weighted by molar-refractivity contribution is -0.145. The van der Waals surface area contributed by atoms with Crippen LogP contribution in [0, 0.1) is 0 Å². The van der Waals surface area contributed by atoms with Crippen molar-refractivity contribution in [1.29, 1.82) is 0 Å². The number of guanidine groups is 1. The number of nitrogens with two attached hydrogens (primary N) is 4. The molecule has 2 aliphatic rings. The van der Waals surface area contributed by atoms with Gasteiger partial charge in [-0.1, -0.05) is 62.4 Å². The summed E-state index contributed by atoms with van der Waals surface area (Å²) in [5, 5.41) is 35.3. The van der Waals surface area contributed by atoms with Crippen LogP contribution in [0.4, 0.5) is 0 Å². The van der Waals surface area contributed by atoms with Crippen molar-refractivity contribution in [2.45, 2.75) is 126 Å². The summed E-state index contributed by atoms with van der Waals surface area (Å²) in [4.78, 5) is 110. The Kier molecular flexibility index (Phi) is 21.7. The maximum Gasteiger partial charge on any atom is 0.326 e. The number of carbonyl (C=O) groups excluding carboxylic acids is 7. The third-order valence-corrected chi connectivity index (χ3v) is 11.0. The molecule has 63 heavy (non-hydrogen) atoms. The molecule has 1 saturated carbocycles. The summed E-state index contributed by atoms with van der Waals surface area (Å²) >= 11 is 0. The van der Waals surface area contributed by atoms with E-state index >= 15 is 0 Å². The Bertz CT molecular complexity index is 1740. The summed E-state index contributed by atoms with van der Waals surface area (Å²) in [6.07, 6.45) is 5.95. The molecule has 2 fully saturated rings. The van der Waals surface area contributed by atoms with Crippen LogP contribution < -0.4 is 54.8 Å². The average Bonchev–Trinajstić information content (AvgIpc) is 3.64. The van der Waals surface area contributed by atoms with Crippen LogP contribution in [-0.4, -0.2) is 143 Å². The van der Waals surface area contributed by atoms with Crippen LogP contribution in [0.5, 0.6) is 0 Å². The molecule has 3 rings (SSSR count). The smallest absolute Gasteiger partial charge is 0.326 e. The van der Waals surface area contributed by atoms with Gasteiger partial charge in [-0.25, -0.2) is 4.79 Å². The highest BCUT2D eigenvalue weighted by molar-refractivity contribution is 5.97. The Hall–Kier alpha value is -5.87. The number of amides is 7. The molecule has 0 radical (unpaired) electrons. The molecular weight excluding hydrogens is 821 g/mol. The highest BCUT2D eigenvalue weighted by Gasteiger charge is 2.41. The number of nitrogens with one attached hydrogen (secondary N) is 6. The molecule has 0 bridgehead atoms. The van der Waals surface area contributed by atoms with Crippen LogP contribution in [0.25, 0.3) is 0 Å². The van der Waals surface area contributed by atoms with Crippen LogP contribution in [-0.2, 0) is 44.8 Å². The van der Waals surface area contributed by atoms with E-state index in [1.165, 1.54) is 4.90 Å². The average molecular weight is 887 g/mol. The lowest BCUT2D eigenvalue weighted by Gasteiger charge is -2.33. The molecule has 22 heteroatoms. The fourth-order valence-electron chi connectivity index (χ4n) is 7.62. The van der Waals surface area contributed by atoms with Crippen molar-refractivity contribution >= 4 is 53.3 Å². The summed E-state index contributed by atoms with van der Waals surface area (Å²) < 4.78 is 0. The molecule has 1 heterocycles. The van der Waals surface area contributed by atoms with Gasteiger partial charge in [-0.05, 0) is 63.5 Å². The van der Waals surface area contributed by atoms with Crippen LogP contribution in [0.15, 0.2) is 35.3 Å². The Labute approximate surface area is 366 Å². The van der Waals surface area contributed by atoms with Gasteiger partial charge in [0, 0.05) is 19.5 Å². The second-order valence-electron chi connectivity index (χ2n) is 15.9. The van der Waals surface area contributed by atoms with Crippen LogP contribution >= 0.6 is 0 Å². The van der Waals surface area contributed by atoms with Gasteiger partial charge in [0.25, 0.3) is 0 Å². The summed E-state index contributed by atoms with van der Waals surface area (Å²) in [7, 11) is 0. The molecule has 0 aromatic heterocycles. The minimum Gasteiger partial charge on any atom is -0.480 e. The maximum atomic E-state index is 13.8. The first-order valence-corrected chi connectivity index (χ1v) is 21.6. The monoisotopic (exact) mass is 887 g/mol. The molecular formula is C41H66N12O10. The van der Waals surface area contributed by atoms with Gasteiger partial charge in [-0.3, -0.25) is 38.6 Å². The van der Waals surface area contributed by atoms with E-state index in [2.05, 4.69) is 36.9 Å². The van der Waals surface area contributed by atoms with Gasteiger partial charge in [0.1, 0.15) is 29.7 Å². The van der Waals surface area contributed by atoms with E-state index in [-0.39, 0.29) is 51.2 Å². The fraction of sp³-hybridized carbons (Fsp3) is 0.634. The standard InChI is InChI=1S/C41H66N12O10/c42-19-9-6-14-27(43)34(57)50-28(15-10-20-46-40(44)45)35(58)47-24-33(56)52-41(17-7-1-2-8-18-41)39(63)48-23-32(55)49-30(25-54)37(60)53-21-11-16-31(53)36(59)51-29(38(61)62)22-26-12-4-3-5-13-26/h3-5,12-13,27-31,54H,1-2,6-11,14-25,42-43H2,(H,47,58)(H,48,63)(H,49,55)(H,50,57)(H,51,59)(H,52,56)(H,61,62)(H4,44,45,46)/t27-,28-,29-,30-,31-/m0/s1. The number of carboxylic acids is 1. The number of aliphatic hydroxyl groups excluding tert-OH is 1. The van der Waals surface area contributed by atoms with Crippen LogP contribution in [0.1, 0.15) is 89.0 Å². The quantitative estimate of drug-likeness (QED) is 0.0198. The number of aliphatic imine (C=N–C) groups is 1. The molecule has 0 spiro atoms. The molecule has 22 nitrogen and oxygen atoms in total. The van der Waals surface area contributed by atoms with Crippen molar-refractivity contribution in [1.82, 2.24) is 36.8 Å². The zero-order valence-electron chi connectivity index (χ0n) is 35.8. The number of likely N-dealkylation sites (tertiary alicyclic amines) is 1. The van der Waals surface area contributed by atoms with Gasteiger partial charge in [0.15, 0.2) is 5.96 Å². The second-order valence-corrected chi connectivity index (χ2v) is 15.9. The number of unbranched alkanes of at least 4 members (excludes halogenated alkanes) is 1. The summed E-state index contributed by atoms with van der Waals surface area (Å²) in [6.45, 7) is -1.26. The third-order valence-electron chi connectivity index (χ3n) is 11.0. The van der Waals surface area contributed by atoms with Gasteiger partial charge in [0.2, 0.25) is 41.4 Å². The Morgan fingerprint density at radius 1 is 0.794 bits per heavy atom. The van der Waals surface area contributed by atoms with Gasteiger partial charge in [0.05, 0.1) is 25.7 Å². The zero-order valence-corrected chi connectivity index (χ0v) is 35.8. The number of hydrogen-bond acceptors (Lipinski definition) is 12. The maximum absolute atomic E-state index is 13.8. The van der Waals surface area contributed by atoms with Crippen LogP contribution in [0.2, 0.25) is 0 Å². The highest BCUT2D eigenvalue weighted by Crippen LogP contribution is 2.27. The predicted molar refractivity (Wildman–Crippen MR) is 231 cm³/mol. The van der Waals surface area contributed by atoms with Gasteiger partial charge in [-0.2, -0.15) is 0 Å². The lowest BCUT2D eigenvalue weighted by Crippen LogP contribution is -2.61. The fourth-order valence-corrected chi connectivity index (χ4v) is 7.62. The van der Waals surface area contributed by atoms with E-state index in [9.17, 15) is 48.6 Å². The van der Waals surface area contributed by atoms with E-state index in [1.54, 1.807) is 30.3 Å². The number of rotatable bonds is 25. The lowest BCUT2D eigenvalue weighted by atomic mass is 9.88. The normalized spacial score (nSPS) is 17.6. The van der Waals surface area contributed by atoms with E-state index in [0.717, 1.165) is 12.8 Å². The molecule has 5 atom stereocenters. The number of benzene rings is 1. The number of hydrogen-bond donors (Lipinski definition) is 12. The third kappa shape index (κ3) is 17.1. The molecule has 1 aromatic carbocycles. The predicted octanol–water partition coefficient (Wildman–Crippen LogP) is -3.30. The highest BCUT2D eigenvalue weighted by atomic mass is 16.4. The van der Waals surface area contributed by atoms with Crippen molar-refractivity contribution in [2.24, 2.45) is 27.9 Å². The van der Waals surface area contributed by atoms with E-state index in [0.29, 0.717) is 57.1 Å². The Morgan fingerprint density at radius 3 is 2.11 bits per heavy atom. The van der Waals surface area contributed by atoms with Crippen LogP contribution in [0.3, 0.4) is 0 Å². The van der Waals surface area contributed by atoms with E-state index in [4.69, 9.17) is 22.9 Å². The largest absolute Gasteiger partial charge is 0.480 e. The molecule has 0 unspecified atom stereocenters. The molecule has 1 aliphatic heterocycles. The van der Waals surface area contributed by atoms with Crippen molar-refractivity contribution in [3.63, 3.8) is 0 Å². The van der Waals surface area contributed by atoms with Crippen molar-refractivity contribution in [2.75, 3.05) is 39.3 Å². The number of aliphatic hydroxyl groups is 1. The van der Waals surface area contributed by atoms with Gasteiger partial charge in [-0.15, -0.1) is 0 Å². The molecule has 1 saturated heterocycles. The van der Waals surface area contributed by atoms with Crippen molar-refractivity contribution in [3.05, 3.63) is 35.9 Å². The number of nitrogens with zero attached hydrogens (tertiary/aromatic N) is 2. The van der Waals surface area contributed by atoms with Gasteiger partial charge < -0.3 is 69.9 Å². The number of aliphatic carboxylic acids is 1. The second kappa shape index (κ2) is 26.6. The van der Waals surface area contributed by atoms with Crippen molar-refractivity contribution < 1.29 is 48.6 Å². The zero-order chi connectivity index (χ0) is 46.4. The first-order valence-electron chi connectivity index (χ1n) is 21.6. The minimum atomic E-state index is -1.48. The SMILES string of the molecule is NCCCC[C@H](N)C(=O)N[C@@H](CCCN=C(N)N)C(=O)NCC(=O)NC1(C(=O)NCC(=O)N[C@@H](CO)C(=O)N2CCC[C@H]2C(=O)N[C@@H](Cc2ccccc2)C(=O)O)CCCCCC1. The molecule has 350 valence electrons. The Balaban J connectivity index is 1.60. The first-order chi connectivity index (χ1) is 30.1.